The van der Waals surface area contributed by atoms with Crippen LogP contribution < -0.4 is 20.2 Å². The lowest BCUT2D eigenvalue weighted by molar-refractivity contribution is 0.102. The van der Waals surface area contributed by atoms with Crippen molar-refractivity contribution in [3.8, 4) is 22.6 Å². The van der Waals surface area contributed by atoms with Gasteiger partial charge in [0, 0.05) is 10.6 Å². The number of anilines is 1. The number of methoxy groups -OCH3 is 2. The molecule has 32 heavy (non-hydrogen) atoms. The van der Waals surface area contributed by atoms with E-state index in [-0.39, 0.29) is 16.9 Å². The zero-order valence-electron chi connectivity index (χ0n) is 17.7. The number of amides is 1. The fourth-order valence-electron chi connectivity index (χ4n) is 3.39. The van der Waals surface area contributed by atoms with E-state index < -0.39 is 5.91 Å². The zero-order chi connectivity index (χ0) is 22.8. The molecule has 0 atom stereocenters. The summed E-state index contributed by atoms with van der Waals surface area (Å²) in [5.74, 6) is 0.497. The Hall–Kier alpha value is -3.77. The van der Waals surface area contributed by atoms with Crippen molar-refractivity contribution >= 4 is 34.4 Å². The van der Waals surface area contributed by atoms with Crippen LogP contribution in [-0.2, 0) is 0 Å². The van der Waals surface area contributed by atoms with Gasteiger partial charge < -0.3 is 13.9 Å². The molecule has 0 fully saturated rings. The monoisotopic (exact) mass is 449 g/mol. The molecule has 1 heterocycles. The maximum atomic E-state index is 13.4. The van der Waals surface area contributed by atoms with Gasteiger partial charge in [0.1, 0.15) is 5.58 Å². The number of carbonyl (C=O) groups excluding carboxylic acids is 1. The Bertz CT molecular complexity index is 1380. The number of ether oxygens (including phenoxy) is 2. The summed E-state index contributed by atoms with van der Waals surface area (Å²) in [4.78, 5) is 26.4. The maximum absolute atomic E-state index is 13.4. The van der Waals surface area contributed by atoms with Crippen molar-refractivity contribution in [1.82, 2.24) is 0 Å². The zero-order valence-corrected chi connectivity index (χ0v) is 18.4. The van der Waals surface area contributed by atoms with Crippen molar-refractivity contribution in [3.63, 3.8) is 0 Å². The van der Waals surface area contributed by atoms with Crippen LogP contribution in [0.3, 0.4) is 0 Å². The minimum absolute atomic E-state index is 0.0495. The molecule has 4 aromatic rings. The Labute approximate surface area is 189 Å². The van der Waals surface area contributed by atoms with Crippen molar-refractivity contribution in [2.75, 3.05) is 19.5 Å². The first-order valence-electron chi connectivity index (χ1n) is 9.78. The molecule has 162 valence electrons. The van der Waals surface area contributed by atoms with E-state index >= 15 is 0 Å². The lowest BCUT2D eigenvalue weighted by atomic mass is 10.0. The van der Waals surface area contributed by atoms with E-state index in [4.69, 9.17) is 25.5 Å². The minimum Gasteiger partial charge on any atom is -0.493 e. The summed E-state index contributed by atoms with van der Waals surface area (Å²) in [5, 5.41) is 3.49. The molecule has 1 aromatic heterocycles. The maximum Gasteiger partial charge on any atom is 0.258 e. The van der Waals surface area contributed by atoms with Crippen molar-refractivity contribution in [1.29, 1.82) is 0 Å². The largest absolute Gasteiger partial charge is 0.493 e. The van der Waals surface area contributed by atoms with Crippen LogP contribution >= 0.6 is 11.6 Å². The van der Waals surface area contributed by atoms with Crippen molar-refractivity contribution < 1.29 is 18.7 Å². The number of rotatable bonds is 5. The van der Waals surface area contributed by atoms with Crippen LogP contribution in [-0.4, -0.2) is 20.1 Å². The molecular formula is C25H20ClNO5. The molecule has 3 aromatic carbocycles. The minimum atomic E-state index is -0.462. The van der Waals surface area contributed by atoms with Crippen LogP contribution in [0.4, 0.5) is 5.88 Å². The van der Waals surface area contributed by atoms with Gasteiger partial charge in [-0.3, -0.25) is 14.9 Å². The smallest absolute Gasteiger partial charge is 0.258 e. The molecule has 6 nitrogen and oxygen atoms in total. The fraction of sp³-hybridized carbons (Fsp3) is 0.120. The summed E-state index contributed by atoms with van der Waals surface area (Å²) in [6, 6.07) is 17.0. The fourth-order valence-corrected chi connectivity index (χ4v) is 3.56. The first-order valence-corrected chi connectivity index (χ1v) is 10.2. The van der Waals surface area contributed by atoms with Gasteiger partial charge in [0.25, 0.3) is 5.91 Å². The topological polar surface area (TPSA) is 77.8 Å². The Morgan fingerprint density at radius 3 is 2.34 bits per heavy atom. The number of hydrogen-bond donors (Lipinski definition) is 1. The van der Waals surface area contributed by atoms with Gasteiger partial charge in [-0.05, 0) is 48.9 Å². The summed E-state index contributed by atoms with van der Waals surface area (Å²) in [6.07, 6.45) is 0. The first kappa shape index (κ1) is 21.5. The number of aryl methyl sites for hydroxylation is 1. The molecule has 0 saturated heterocycles. The van der Waals surface area contributed by atoms with Crippen molar-refractivity contribution in [3.05, 3.63) is 87.0 Å². The van der Waals surface area contributed by atoms with Crippen LogP contribution in [0.5, 0.6) is 11.5 Å². The third-order valence-corrected chi connectivity index (χ3v) is 5.30. The Morgan fingerprint density at radius 1 is 0.938 bits per heavy atom. The molecule has 0 spiro atoms. The van der Waals surface area contributed by atoms with Crippen molar-refractivity contribution in [2.45, 2.75) is 6.92 Å². The van der Waals surface area contributed by atoms with E-state index in [1.54, 1.807) is 36.4 Å². The van der Waals surface area contributed by atoms with E-state index in [1.807, 2.05) is 31.2 Å². The average Bonchev–Trinajstić information content (AvgIpc) is 2.80. The highest BCUT2D eigenvalue weighted by Gasteiger charge is 2.20. The van der Waals surface area contributed by atoms with Gasteiger partial charge >= 0.3 is 0 Å². The summed E-state index contributed by atoms with van der Waals surface area (Å²) in [7, 11) is 3.00. The van der Waals surface area contributed by atoms with Crippen LogP contribution in [0.1, 0.15) is 15.9 Å². The predicted molar refractivity (Wildman–Crippen MR) is 125 cm³/mol. The van der Waals surface area contributed by atoms with E-state index in [9.17, 15) is 9.59 Å². The Balaban J connectivity index is 1.85. The number of benzene rings is 3. The van der Waals surface area contributed by atoms with Gasteiger partial charge in [-0.15, -0.1) is 0 Å². The number of hydrogen-bond acceptors (Lipinski definition) is 5. The first-order chi connectivity index (χ1) is 15.4. The second kappa shape index (κ2) is 8.77. The molecule has 0 saturated carbocycles. The average molecular weight is 450 g/mol. The highest BCUT2D eigenvalue weighted by atomic mass is 35.5. The molecule has 0 unspecified atom stereocenters. The SMILES string of the molecule is COc1ccc(C(=O)Nc2oc3ccc(Cl)cc3c(=O)c2-c2ccc(C)cc2)cc1OC. The molecule has 1 amide bonds. The number of nitrogens with one attached hydrogen (secondary N) is 1. The van der Waals surface area contributed by atoms with Crippen LogP contribution in [0, 0.1) is 6.92 Å². The van der Waals surface area contributed by atoms with E-state index in [0.717, 1.165) is 5.56 Å². The summed E-state index contributed by atoms with van der Waals surface area (Å²) in [6.45, 7) is 1.95. The van der Waals surface area contributed by atoms with E-state index in [1.165, 1.54) is 14.2 Å². The molecule has 0 aliphatic heterocycles. The molecule has 1 N–H and O–H groups in total. The second-order valence-corrected chi connectivity index (χ2v) is 7.60. The van der Waals surface area contributed by atoms with E-state index in [2.05, 4.69) is 5.32 Å². The van der Waals surface area contributed by atoms with Gasteiger partial charge in [-0.1, -0.05) is 41.4 Å². The Kier molecular flexibility index (Phi) is 5.88. The normalized spacial score (nSPS) is 10.8. The molecular weight excluding hydrogens is 430 g/mol. The number of fused-ring (bicyclic) bond motifs is 1. The molecule has 0 bridgehead atoms. The summed E-state index contributed by atoms with van der Waals surface area (Å²) >= 11 is 6.09. The number of halogens is 1. The molecule has 0 aliphatic rings. The molecule has 0 aliphatic carbocycles. The standard InChI is InChI=1S/C25H20ClNO5/c1-14-4-6-15(7-5-14)22-23(28)18-13-17(26)9-11-19(18)32-25(22)27-24(29)16-8-10-20(30-2)21(12-16)31-3/h4-13H,1-3H3,(H,27,29). The van der Waals surface area contributed by atoms with Crippen LogP contribution in [0.25, 0.3) is 22.1 Å². The molecule has 0 radical (unpaired) electrons. The van der Waals surface area contributed by atoms with Gasteiger partial charge in [-0.25, -0.2) is 0 Å². The highest BCUT2D eigenvalue weighted by Crippen LogP contribution is 2.32. The predicted octanol–water partition coefficient (Wildman–Crippen LogP) is 5.69. The van der Waals surface area contributed by atoms with Crippen LogP contribution in [0.2, 0.25) is 5.02 Å². The lowest BCUT2D eigenvalue weighted by Crippen LogP contribution is -2.16. The van der Waals surface area contributed by atoms with Gasteiger partial charge in [-0.2, -0.15) is 0 Å². The quantitative estimate of drug-likeness (QED) is 0.423. The van der Waals surface area contributed by atoms with Crippen molar-refractivity contribution in [2.24, 2.45) is 0 Å². The third kappa shape index (κ3) is 4.05. The van der Waals surface area contributed by atoms with Gasteiger partial charge in [0.05, 0.1) is 25.2 Å². The van der Waals surface area contributed by atoms with Crippen LogP contribution in [0.15, 0.2) is 69.9 Å². The second-order valence-electron chi connectivity index (χ2n) is 7.17. The summed E-state index contributed by atoms with van der Waals surface area (Å²) in [5.41, 5.74) is 2.25. The van der Waals surface area contributed by atoms with Gasteiger partial charge in [0.15, 0.2) is 11.5 Å². The number of carbonyl (C=O) groups is 1. The van der Waals surface area contributed by atoms with E-state index in [0.29, 0.717) is 38.6 Å². The third-order valence-electron chi connectivity index (χ3n) is 5.07. The summed E-state index contributed by atoms with van der Waals surface area (Å²) < 4.78 is 16.5. The Morgan fingerprint density at radius 2 is 1.66 bits per heavy atom. The highest BCUT2D eigenvalue weighted by molar-refractivity contribution is 6.31. The molecule has 4 rings (SSSR count). The lowest BCUT2D eigenvalue weighted by Gasteiger charge is -2.13. The van der Waals surface area contributed by atoms with Gasteiger partial charge in [0.2, 0.25) is 11.3 Å². The molecule has 7 heteroatoms.